The van der Waals surface area contributed by atoms with Crippen LogP contribution in [-0.4, -0.2) is 60.2 Å². The van der Waals surface area contributed by atoms with Crippen molar-refractivity contribution >= 4 is 11.8 Å². The lowest BCUT2D eigenvalue weighted by Gasteiger charge is -2.34. The van der Waals surface area contributed by atoms with E-state index < -0.39 is 6.04 Å². The Morgan fingerprint density at radius 3 is 2.21 bits per heavy atom. The molecule has 1 atom stereocenters. The van der Waals surface area contributed by atoms with Crippen LogP contribution >= 0.6 is 0 Å². The first kappa shape index (κ1) is 28.2. The molecule has 0 bridgehead atoms. The number of hydrogen-bond acceptors (Lipinski definition) is 6. The predicted molar refractivity (Wildman–Crippen MR) is 147 cm³/mol. The minimum atomic E-state index is -0.837. The van der Waals surface area contributed by atoms with Crippen molar-refractivity contribution in [1.29, 1.82) is 0 Å². The smallest absolute Gasteiger partial charge is 0.249 e. The fourth-order valence-electron chi connectivity index (χ4n) is 4.78. The van der Waals surface area contributed by atoms with Gasteiger partial charge in [0.05, 0.1) is 26.2 Å². The molecule has 1 unspecified atom stereocenters. The molecule has 4 rings (SSSR count). The van der Waals surface area contributed by atoms with E-state index in [0.29, 0.717) is 38.4 Å². The number of benzene rings is 2. The zero-order chi connectivity index (χ0) is 27.6. The molecule has 2 aromatic carbocycles. The fraction of sp³-hybridized carbons (Fsp3) is 0.433. The van der Waals surface area contributed by atoms with Crippen LogP contribution in [0.25, 0.3) is 0 Å². The molecular weight excluding hydrogens is 496 g/mol. The van der Waals surface area contributed by atoms with Gasteiger partial charge in [0.25, 0.3) is 0 Å². The van der Waals surface area contributed by atoms with Gasteiger partial charge in [-0.3, -0.25) is 9.59 Å². The highest BCUT2D eigenvalue weighted by Crippen LogP contribution is 2.26. The van der Waals surface area contributed by atoms with Gasteiger partial charge >= 0.3 is 0 Å². The highest BCUT2D eigenvalue weighted by Gasteiger charge is 2.34. The Kier molecular flexibility index (Phi) is 9.97. The Labute approximate surface area is 230 Å². The van der Waals surface area contributed by atoms with Crippen LogP contribution < -0.4 is 14.8 Å². The van der Waals surface area contributed by atoms with Crippen molar-refractivity contribution in [2.75, 3.05) is 34.0 Å². The van der Waals surface area contributed by atoms with Gasteiger partial charge < -0.3 is 29.0 Å². The molecule has 1 aliphatic heterocycles. The standard InChI is InChI=1S/C30H38N4O5/c1-33-20-27(32-21-33)29(30(36)31-18-23-6-11-26(38-3)12-7-23)34(19-24-14-16-39-17-15-24)28(35)13-8-22-4-9-25(37-2)10-5-22/h4-7,9-12,20-21,24,29H,8,13-19H2,1-3H3,(H,31,36). The highest BCUT2D eigenvalue weighted by atomic mass is 16.5. The molecule has 9 nitrogen and oxygen atoms in total. The van der Waals surface area contributed by atoms with Crippen LogP contribution in [0.15, 0.2) is 61.1 Å². The molecule has 2 amide bonds. The van der Waals surface area contributed by atoms with Gasteiger partial charge in [0.1, 0.15) is 11.5 Å². The Bertz CT molecular complexity index is 1200. The second kappa shape index (κ2) is 13.8. The van der Waals surface area contributed by atoms with Crippen molar-refractivity contribution in [2.45, 2.75) is 38.3 Å². The number of nitrogens with zero attached hydrogens (tertiary/aromatic N) is 3. The van der Waals surface area contributed by atoms with Gasteiger partial charge in [-0.2, -0.15) is 0 Å². The summed E-state index contributed by atoms with van der Waals surface area (Å²) in [4.78, 5) is 33.8. The van der Waals surface area contributed by atoms with Gasteiger partial charge in [0.2, 0.25) is 11.8 Å². The third-order valence-electron chi connectivity index (χ3n) is 7.09. The summed E-state index contributed by atoms with van der Waals surface area (Å²) in [6.45, 7) is 2.13. The van der Waals surface area contributed by atoms with Crippen LogP contribution in [0.5, 0.6) is 11.5 Å². The Hall–Kier alpha value is -3.85. The molecule has 3 aromatic rings. The Balaban J connectivity index is 1.55. The summed E-state index contributed by atoms with van der Waals surface area (Å²) in [5.74, 6) is 1.45. The van der Waals surface area contributed by atoms with Gasteiger partial charge in [-0.05, 0) is 60.6 Å². The first-order valence-corrected chi connectivity index (χ1v) is 13.4. The monoisotopic (exact) mass is 534 g/mol. The number of aromatic nitrogens is 2. The summed E-state index contributed by atoms with van der Waals surface area (Å²) in [7, 11) is 5.11. The SMILES string of the molecule is COc1ccc(CCC(=O)N(CC2CCOCC2)C(C(=O)NCc2ccc(OC)cc2)c2cn(C)cn2)cc1. The average molecular weight is 535 g/mol. The second-order valence-electron chi connectivity index (χ2n) is 9.88. The molecule has 0 aliphatic carbocycles. The van der Waals surface area contributed by atoms with Gasteiger partial charge in [-0.1, -0.05) is 24.3 Å². The average Bonchev–Trinajstić information content (AvgIpc) is 3.40. The van der Waals surface area contributed by atoms with Crippen molar-refractivity contribution in [1.82, 2.24) is 19.8 Å². The maximum atomic E-state index is 13.8. The van der Waals surface area contributed by atoms with Crippen LogP contribution in [0.3, 0.4) is 0 Å². The summed E-state index contributed by atoms with van der Waals surface area (Å²) in [5.41, 5.74) is 2.52. The Morgan fingerprint density at radius 1 is 1.03 bits per heavy atom. The zero-order valence-electron chi connectivity index (χ0n) is 23.0. The third kappa shape index (κ3) is 7.83. The number of amides is 2. The predicted octanol–water partition coefficient (Wildman–Crippen LogP) is 3.68. The summed E-state index contributed by atoms with van der Waals surface area (Å²) in [6, 6.07) is 14.4. The van der Waals surface area contributed by atoms with E-state index in [4.69, 9.17) is 14.2 Å². The molecule has 0 radical (unpaired) electrons. The highest BCUT2D eigenvalue weighted by molar-refractivity contribution is 5.88. The number of ether oxygens (including phenoxy) is 3. The number of nitrogens with one attached hydrogen (secondary N) is 1. The fourth-order valence-corrected chi connectivity index (χ4v) is 4.78. The van der Waals surface area contributed by atoms with Crippen LogP contribution in [-0.2, 0) is 34.3 Å². The first-order chi connectivity index (χ1) is 19.0. The van der Waals surface area contributed by atoms with Crippen LogP contribution in [0, 0.1) is 5.92 Å². The number of carbonyl (C=O) groups excluding carboxylic acids is 2. The molecule has 39 heavy (non-hydrogen) atoms. The van der Waals surface area contributed by atoms with E-state index in [0.717, 1.165) is 35.5 Å². The number of rotatable bonds is 12. The number of hydrogen-bond donors (Lipinski definition) is 1. The van der Waals surface area contributed by atoms with E-state index in [-0.39, 0.29) is 24.2 Å². The largest absolute Gasteiger partial charge is 0.497 e. The summed E-state index contributed by atoms with van der Waals surface area (Å²) in [6.07, 6.45) is 6.02. The molecular formula is C30H38N4O5. The van der Waals surface area contributed by atoms with E-state index in [9.17, 15) is 9.59 Å². The quantitative estimate of drug-likeness (QED) is 0.381. The molecule has 1 saturated heterocycles. The van der Waals surface area contributed by atoms with Crippen molar-refractivity contribution in [2.24, 2.45) is 13.0 Å². The number of aryl methyl sites for hydroxylation is 2. The van der Waals surface area contributed by atoms with Crippen LogP contribution in [0.2, 0.25) is 0 Å². The second-order valence-corrected chi connectivity index (χ2v) is 9.88. The van der Waals surface area contributed by atoms with Gasteiger partial charge in [0.15, 0.2) is 6.04 Å². The van der Waals surface area contributed by atoms with E-state index in [1.165, 1.54) is 0 Å². The van der Waals surface area contributed by atoms with Crippen LogP contribution in [0.1, 0.15) is 42.1 Å². The molecule has 2 heterocycles. The first-order valence-electron chi connectivity index (χ1n) is 13.4. The summed E-state index contributed by atoms with van der Waals surface area (Å²) < 4.78 is 17.8. The minimum Gasteiger partial charge on any atom is -0.497 e. The van der Waals surface area contributed by atoms with Crippen molar-refractivity contribution in [3.63, 3.8) is 0 Å². The summed E-state index contributed by atoms with van der Waals surface area (Å²) in [5, 5.41) is 3.04. The maximum Gasteiger partial charge on any atom is 0.249 e. The maximum absolute atomic E-state index is 13.8. The Morgan fingerprint density at radius 2 is 1.64 bits per heavy atom. The molecule has 1 aromatic heterocycles. The molecule has 208 valence electrons. The van der Waals surface area contributed by atoms with Crippen molar-refractivity contribution in [3.05, 3.63) is 77.9 Å². The molecule has 9 heteroatoms. The van der Waals surface area contributed by atoms with Crippen molar-refractivity contribution < 1.29 is 23.8 Å². The lowest BCUT2D eigenvalue weighted by Crippen LogP contribution is -2.46. The van der Waals surface area contributed by atoms with Crippen LogP contribution in [0.4, 0.5) is 0 Å². The topological polar surface area (TPSA) is 94.9 Å². The van der Waals surface area contributed by atoms with E-state index >= 15 is 0 Å². The lowest BCUT2D eigenvalue weighted by atomic mass is 9.97. The lowest BCUT2D eigenvalue weighted by molar-refractivity contribution is -0.142. The molecule has 1 N–H and O–H groups in total. The third-order valence-corrected chi connectivity index (χ3v) is 7.09. The van der Waals surface area contributed by atoms with Gasteiger partial charge in [-0.15, -0.1) is 0 Å². The zero-order valence-corrected chi connectivity index (χ0v) is 23.0. The van der Waals surface area contributed by atoms with Crippen molar-refractivity contribution in [3.8, 4) is 11.5 Å². The number of carbonyl (C=O) groups is 2. The summed E-state index contributed by atoms with van der Waals surface area (Å²) >= 11 is 0. The van der Waals surface area contributed by atoms with Gasteiger partial charge in [0, 0.05) is 46.0 Å². The molecule has 0 saturated carbocycles. The minimum absolute atomic E-state index is 0.0763. The molecule has 0 spiro atoms. The molecule has 1 aliphatic rings. The normalized spacial score (nSPS) is 14.4. The number of imidazole rings is 1. The van der Waals surface area contributed by atoms with E-state index in [2.05, 4.69) is 10.3 Å². The number of methoxy groups -OCH3 is 2. The molecule has 1 fully saturated rings. The van der Waals surface area contributed by atoms with E-state index in [1.54, 1.807) is 30.0 Å². The van der Waals surface area contributed by atoms with Gasteiger partial charge in [-0.25, -0.2) is 4.98 Å². The van der Waals surface area contributed by atoms with E-state index in [1.807, 2.05) is 61.8 Å².